The number of hydrogen-bond acceptors (Lipinski definition) is 4. The fraction of sp³-hybridized carbons (Fsp3) is 0.750. The van der Waals surface area contributed by atoms with Crippen molar-refractivity contribution in [3.63, 3.8) is 0 Å². The van der Waals surface area contributed by atoms with Crippen LogP contribution >= 0.6 is 0 Å². The fourth-order valence-corrected chi connectivity index (χ4v) is 8.70. The molecule has 33 heavy (non-hydrogen) atoms. The molecule has 5 heteroatoms. The molecule has 1 saturated heterocycles. The van der Waals surface area contributed by atoms with Crippen LogP contribution in [0.15, 0.2) is 18.2 Å². The van der Waals surface area contributed by atoms with E-state index in [1.165, 1.54) is 12.8 Å². The lowest BCUT2D eigenvalue weighted by Gasteiger charge is -2.63. The van der Waals surface area contributed by atoms with Gasteiger partial charge in [0.25, 0.3) is 0 Å². The number of fused-ring (bicyclic) bond motifs is 5. The normalized spacial score (nSPS) is 42.4. The Morgan fingerprint density at radius 2 is 1.91 bits per heavy atom. The van der Waals surface area contributed by atoms with Gasteiger partial charge in [-0.3, -0.25) is 4.79 Å². The van der Waals surface area contributed by atoms with Gasteiger partial charge in [-0.2, -0.15) is 0 Å². The molecule has 1 heterocycles. The predicted molar refractivity (Wildman–Crippen MR) is 128 cm³/mol. The summed E-state index contributed by atoms with van der Waals surface area (Å²) in [6.07, 6.45) is 6.93. The first-order chi connectivity index (χ1) is 15.7. The van der Waals surface area contributed by atoms with Crippen molar-refractivity contribution in [2.45, 2.75) is 84.4 Å². The van der Waals surface area contributed by atoms with E-state index in [9.17, 15) is 9.90 Å². The van der Waals surface area contributed by atoms with E-state index in [-0.39, 0.29) is 23.5 Å². The first-order valence-electron chi connectivity index (χ1n) is 12.9. The topological polar surface area (TPSA) is 59.0 Å². The summed E-state index contributed by atoms with van der Waals surface area (Å²) in [6, 6.07) is 6.17. The maximum Gasteiger partial charge on any atom is 0.223 e. The van der Waals surface area contributed by atoms with Gasteiger partial charge in [-0.25, -0.2) is 0 Å². The van der Waals surface area contributed by atoms with E-state index in [0.29, 0.717) is 42.1 Å². The smallest absolute Gasteiger partial charge is 0.223 e. The molecule has 0 aromatic heterocycles. The van der Waals surface area contributed by atoms with Crippen molar-refractivity contribution < 1.29 is 19.4 Å². The molecule has 4 aliphatic rings. The zero-order valence-corrected chi connectivity index (χ0v) is 21.0. The molecule has 4 fully saturated rings. The fourth-order valence-electron chi connectivity index (χ4n) is 8.70. The zero-order valence-electron chi connectivity index (χ0n) is 21.0. The molecule has 0 radical (unpaired) electrons. The first-order valence-corrected chi connectivity index (χ1v) is 12.9. The molecule has 5 rings (SSSR count). The van der Waals surface area contributed by atoms with Crippen LogP contribution in [0.3, 0.4) is 0 Å². The largest absolute Gasteiger partial charge is 0.497 e. The van der Waals surface area contributed by atoms with E-state index in [1.807, 2.05) is 18.2 Å². The standard InChI is InChI=1S/C28H41NO4/c1-17-12-24-28(3,21-8-10-27(2)15-19(30)13-22(27)26(17)21)11-9-25(31)29(24)16-18-6-7-20(32-4)14-23(18)33-5/h6-7,14,17,19,21-22,24,26,30H,8-13,15-16H2,1-5H3/t17-,19-,21-,22-,24+,26+,27+,28+/m0/s1. The van der Waals surface area contributed by atoms with E-state index in [1.54, 1.807) is 14.2 Å². The molecule has 5 nitrogen and oxygen atoms in total. The third kappa shape index (κ3) is 3.57. The summed E-state index contributed by atoms with van der Waals surface area (Å²) in [6.45, 7) is 7.91. The first kappa shape index (κ1) is 23.0. The average molecular weight is 456 g/mol. The highest BCUT2D eigenvalue weighted by Gasteiger charge is 2.62. The Kier molecular flexibility index (Phi) is 5.70. The maximum atomic E-state index is 13.3. The summed E-state index contributed by atoms with van der Waals surface area (Å²) in [5, 5.41) is 10.6. The van der Waals surface area contributed by atoms with Crippen molar-refractivity contribution in [1.29, 1.82) is 0 Å². The molecule has 0 spiro atoms. The Bertz CT molecular complexity index is 917. The summed E-state index contributed by atoms with van der Waals surface area (Å²) < 4.78 is 11.0. The molecule has 1 aliphatic heterocycles. The molecule has 1 N–H and O–H groups in total. The van der Waals surface area contributed by atoms with Crippen molar-refractivity contribution in [1.82, 2.24) is 4.90 Å². The summed E-state index contributed by atoms with van der Waals surface area (Å²) in [5.41, 5.74) is 1.47. The molecular formula is C28H41NO4. The molecule has 182 valence electrons. The number of benzene rings is 1. The quantitative estimate of drug-likeness (QED) is 0.691. The molecule has 1 aromatic rings. The van der Waals surface area contributed by atoms with Crippen molar-refractivity contribution in [3.05, 3.63) is 23.8 Å². The number of methoxy groups -OCH3 is 2. The third-order valence-electron chi connectivity index (χ3n) is 10.3. The molecule has 0 unspecified atom stereocenters. The maximum absolute atomic E-state index is 13.3. The van der Waals surface area contributed by atoms with Crippen LogP contribution in [0.25, 0.3) is 0 Å². The Morgan fingerprint density at radius 3 is 2.64 bits per heavy atom. The lowest BCUT2D eigenvalue weighted by atomic mass is 9.45. The van der Waals surface area contributed by atoms with E-state index in [0.717, 1.165) is 42.7 Å². The third-order valence-corrected chi connectivity index (χ3v) is 10.3. The minimum Gasteiger partial charge on any atom is -0.497 e. The number of piperidine rings is 1. The second-order valence-electron chi connectivity index (χ2n) is 12.0. The second-order valence-corrected chi connectivity index (χ2v) is 12.0. The number of aliphatic hydroxyl groups is 1. The van der Waals surface area contributed by atoms with Crippen LogP contribution in [0.1, 0.15) is 71.3 Å². The van der Waals surface area contributed by atoms with Gasteiger partial charge >= 0.3 is 0 Å². The zero-order chi connectivity index (χ0) is 23.5. The van der Waals surface area contributed by atoms with Crippen LogP contribution in [0.2, 0.25) is 0 Å². The van der Waals surface area contributed by atoms with E-state index >= 15 is 0 Å². The lowest BCUT2D eigenvalue weighted by molar-refractivity contribution is -0.169. The van der Waals surface area contributed by atoms with E-state index in [2.05, 4.69) is 25.7 Å². The van der Waals surface area contributed by atoms with Crippen LogP contribution in [-0.2, 0) is 11.3 Å². The van der Waals surface area contributed by atoms with Crippen LogP contribution in [0.4, 0.5) is 0 Å². The van der Waals surface area contributed by atoms with Crippen LogP contribution < -0.4 is 9.47 Å². The number of ether oxygens (including phenoxy) is 2. The van der Waals surface area contributed by atoms with Gasteiger partial charge in [0.15, 0.2) is 0 Å². The number of hydrogen-bond donors (Lipinski definition) is 1. The molecule has 1 amide bonds. The van der Waals surface area contributed by atoms with Crippen LogP contribution in [-0.4, -0.2) is 42.3 Å². The molecule has 8 atom stereocenters. The summed E-state index contributed by atoms with van der Waals surface area (Å²) in [4.78, 5) is 15.5. The average Bonchev–Trinajstić information content (AvgIpc) is 3.11. The highest BCUT2D eigenvalue weighted by molar-refractivity contribution is 5.78. The molecular weight excluding hydrogens is 414 g/mol. The van der Waals surface area contributed by atoms with Gasteiger partial charge in [-0.05, 0) is 85.2 Å². The van der Waals surface area contributed by atoms with Crippen LogP contribution in [0.5, 0.6) is 11.5 Å². The molecule has 1 aromatic carbocycles. The molecule has 3 aliphatic carbocycles. The van der Waals surface area contributed by atoms with Crippen molar-refractivity contribution in [2.24, 2.45) is 34.5 Å². The van der Waals surface area contributed by atoms with Gasteiger partial charge in [0.05, 0.1) is 20.3 Å². The van der Waals surface area contributed by atoms with Gasteiger partial charge < -0.3 is 19.5 Å². The summed E-state index contributed by atoms with van der Waals surface area (Å²) >= 11 is 0. The van der Waals surface area contributed by atoms with Crippen LogP contribution in [0, 0.1) is 34.5 Å². The predicted octanol–water partition coefficient (Wildman–Crippen LogP) is 5.04. The van der Waals surface area contributed by atoms with Gasteiger partial charge in [0, 0.05) is 30.6 Å². The number of carbonyl (C=O) groups excluding carboxylic acids is 1. The van der Waals surface area contributed by atoms with Gasteiger partial charge in [-0.15, -0.1) is 0 Å². The van der Waals surface area contributed by atoms with Crippen molar-refractivity contribution in [3.8, 4) is 11.5 Å². The highest BCUT2D eigenvalue weighted by Crippen LogP contribution is 2.66. The second kappa shape index (κ2) is 8.18. The number of likely N-dealkylation sites (tertiary alicyclic amines) is 1. The number of nitrogens with zero attached hydrogens (tertiary/aromatic N) is 1. The minimum atomic E-state index is -0.136. The summed E-state index contributed by atoms with van der Waals surface area (Å²) in [5.74, 6) is 4.29. The van der Waals surface area contributed by atoms with E-state index < -0.39 is 0 Å². The van der Waals surface area contributed by atoms with Gasteiger partial charge in [0.1, 0.15) is 11.5 Å². The molecule has 0 bridgehead atoms. The van der Waals surface area contributed by atoms with Crippen molar-refractivity contribution in [2.75, 3.05) is 14.2 Å². The van der Waals surface area contributed by atoms with Gasteiger partial charge in [0.2, 0.25) is 5.91 Å². The Balaban J connectivity index is 1.46. The Labute approximate surface area is 198 Å². The highest BCUT2D eigenvalue weighted by atomic mass is 16.5. The van der Waals surface area contributed by atoms with Crippen molar-refractivity contribution >= 4 is 5.91 Å². The Morgan fingerprint density at radius 1 is 1.12 bits per heavy atom. The van der Waals surface area contributed by atoms with E-state index in [4.69, 9.17) is 9.47 Å². The molecule has 3 saturated carbocycles. The number of amides is 1. The number of rotatable bonds is 4. The minimum absolute atomic E-state index is 0.136. The Hall–Kier alpha value is -1.75. The van der Waals surface area contributed by atoms with Gasteiger partial charge in [-0.1, -0.05) is 20.8 Å². The lowest BCUT2D eigenvalue weighted by Crippen LogP contribution is -2.63. The monoisotopic (exact) mass is 455 g/mol. The SMILES string of the molecule is COc1ccc(CN2C(=O)CC[C@]3(C)[C@H]4CC[C@]5(C)C[C@@H](O)C[C@H]5[C@@H]4[C@@H](C)C[C@@H]23)c(OC)c1. The number of aliphatic hydroxyl groups excluding tert-OH is 1. The number of carbonyl (C=O) groups is 1. The summed E-state index contributed by atoms with van der Waals surface area (Å²) in [7, 11) is 3.34.